The van der Waals surface area contributed by atoms with Gasteiger partial charge in [-0.2, -0.15) is 0 Å². The van der Waals surface area contributed by atoms with Crippen LogP contribution in [0.2, 0.25) is 0 Å². The molecular weight excluding hydrogens is 377 g/mol. The molecule has 2 heterocycles. The average molecular weight is 397 g/mol. The van der Waals surface area contributed by atoms with Crippen molar-refractivity contribution >= 4 is 29.7 Å². The van der Waals surface area contributed by atoms with Gasteiger partial charge in [0.15, 0.2) is 0 Å². The number of carbonyl (C=O) groups is 3. The molecule has 0 bridgehead atoms. The second-order valence-electron chi connectivity index (χ2n) is 7.53. The fourth-order valence-electron chi connectivity index (χ4n) is 3.90. The molecule has 1 aromatic carbocycles. The Labute approximate surface area is 183 Å². The number of rotatable bonds is 4. The molecule has 138 valence electrons. The zero-order valence-corrected chi connectivity index (χ0v) is 18.3. The smallest absolute Gasteiger partial charge is 0.548 e. The number of hydrogen-bond acceptors (Lipinski definition) is 5. The quantitative estimate of drug-likeness (QED) is 0.417. The Morgan fingerprint density at radius 1 is 1.22 bits per heavy atom. The minimum Gasteiger partial charge on any atom is -0.548 e. The van der Waals surface area contributed by atoms with E-state index < -0.39 is 22.8 Å². The van der Waals surface area contributed by atoms with Crippen molar-refractivity contribution in [1.82, 2.24) is 15.5 Å². The summed E-state index contributed by atoms with van der Waals surface area (Å²) in [6, 6.07) is 7.97. The minimum atomic E-state index is -1.26. The summed E-state index contributed by atoms with van der Waals surface area (Å²) in [5.74, 6) is -1.32. The summed E-state index contributed by atoms with van der Waals surface area (Å²) in [7, 11) is 0. The molecule has 0 radical (unpaired) electrons. The van der Waals surface area contributed by atoms with Crippen molar-refractivity contribution in [2.45, 2.75) is 54.4 Å². The molecule has 27 heavy (non-hydrogen) atoms. The Morgan fingerprint density at radius 2 is 1.89 bits per heavy atom. The van der Waals surface area contributed by atoms with E-state index in [-0.39, 0.29) is 52.9 Å². The molecule has 0 spiro atoms. The van der Waals surface area contributed by atoms with Gasteiger partial charge >= 0.3 is 35.6 Å². The van der Waals surface area contributed by atoms with Crippen LogP contribution in [0.25, 0.3) is 0 Å². The van der Waals surface area contributed by atoms with Gasteiger partial charge in [-0.05, 0) is 25.8 Å². The van der Waals surface area contributed by atoms with Crippen molar-refractivity contribution in [3.05, 3.63) is 35.9 Å². The molecule has 3 fully saturated rings. The van der Waals surface area contributed by atoms with Gasteiger partial charge in [0.2, 0.25) is 5.91 Å². The number of nitrogens with one attached hydrogen (secondary N) is 2. The number of carboxylic acid groups (broad SMARTS) is 1. The Morgan fingerprint density at radius 3 is 2.52 bits per heavy atom. The summed E-state index contributed by atoms with van der Waals surface area (Å²) in [5.41, 5.74) is 1.19. The summed E-state index contributed by atoms with van der Waals surface area (Å²) in [6.45, 7) is 3.55. The summed E-state index contributed by atoms with van der Waals surface area (Å²) in [4.78, 5) is 37.3. The number of amides is 3. The van der Waals surface area contributed by atoms with Gasteiger partial charge in [-0.1, -0.05) is 30.3 Å². The van der Waals surface area contributed by atoms with E-state index in [1.165, 1.54) is 22.2 Å². The van der Waals surface area contributed by atoms with Crippen LogP contribution in [0.4, 0.5) is 4.79 Å². The van der Waals surface area contributed by atoms with Gasteiger partial charge in [-0.3, -0.25) is 4.79 Å². The van der Waals surface area contributed by atoms with E-state index in [0.29, 0.717) is 5.92 Å². The standard InChI is InChI=1S/C18H21N3O4S.Na/c1-18(2)13(16(23)24)21-14(22)12(15(21)26-18)20-17(25)19-11-8-10(11)9-6-4-3-5-7-9;/h3-7,10-13,15H,8H2,1-2H3,(H,23,24)(H2,19,20,25);/q;+1/p-1/t10?,11?,12?,13-,15?;/m0./s1. The molecule has 4 rings (SSSR count). The Balaban J connectivity index is 0.00000210. The maximum absolute atomic E-state index is 12.3. The molecule has 2 saturated heterocycles. The van der Waals surface area contributed by atoms with E-state index in [1.807, 2.05) is 30.3 Å². The largest absolute Gasteiger partial charge is 1.00 e. The average Bonchev–Trinajstić information content (AvgIpc) is 3.29. The van der Waals surface area contributed by atoms with Gasteiger partial charge in [0.1, 0.15) is 11.4 Å². The van der Waals surface area contributed by atoms with Gasteiger partial charge in [0, 0.05) is 16.7 Å². The van der Waals surface area contributed by atoms with E-state index >= 15 is 0 Å². The van der Waals surface area contributed by atoms with Crippen LogP contribution in [-0.4, -0.2) is 51.1 Å². The molecule has 3 amide bonds. The monoisotopic (exact) mass is 397 g/mol. The maximum atomic E-state index is 12.3. The van der Waals surface area contributed by atoms with Crippen molar-refractivity contribution in [3.63, 3.8) is 0 Å². The minimum absolute atomic E-state index is 0. The number of carbonyl (C=O) groups excluding carboxylic acids is 3. The van der Waals surface area contributed by atoms with E-state index in [9.17, 15) is 19.5 Å². The van der Waals surface area contributed by atoms with Gasteiger partial charge < -0.3 is 25.4 Å². The van der Waals surface area contributed by atoms with Crippen molar-refractivity contribution in [2.75, 3.05) is 0 Å². The zero-order valence-electron chi connectivity index (χ0n) is 15.5. The van der Waals surface area contributed by atoms with E-state index in [1.54, 1.807) is 13.8 Å². The number of thioether (sulfide) groups is 1. The summed E-state index contributed by atoms with van der Waals surface area (Å²) in [6.07, 6.45) is 0.875. The Bertz CT molecular complexity index is 775. The van der Waals surface area contributed by atoms with Gasteiger partial charge in [0.25, 0.3) is 0 Å². The molecule has 2 N–H and O–H groups in total. The molecule has 1 aliphatic carbocycles. The van der Waals surface area contributed by atoms with Gasteiger partial charge in [-0.15, -0.1) is 11.8 Å². The molecule has 5 atom stereocenters. The zero-order chi connectivity index (χ0) is 18.6. The molecule has 4 unspecified atom stereocenters. The predicted molar refractivity (Wildman–Crippen MR) is 94.1 cm³/mol. The molecule has 1 aromatic rings. The van der Waals surface area contributed by atoms with Crippen LogP contribution < -0.4 is 45.3 Å². The number of β-lactam (4-membered cyclic amide) rings is 1. The van der Waals surface area contributed by atoms with E-state index in [4.69, 9.17) is 0 Å². The van der Waals surface area contributed by atoms with Crippen LogP contribution in [0.15, 0.2) is 30.3 Å². The Hall–Kier alpha value is -1.22. The predicted octanol–water partition coefficient (Wildman–Crippen LogP) is -2.97. The van der Waals surface area contributed by atoms with Crippen molar-refractivity contribution in [1.29, 1.82) is 0 Å². The first-order valence-corrected chi connectivity index (χ1v) is 9.50. The van der Waals surface area contributed by atoms with Crippen LogP contribution in [0.1, 0.15) is 31.7 Å². The molecule has 1 saturated carbocycles. The maximum Gasteiger partial charge on any atom is 1.00 e. The normalized spacial score (nSPS) is 32.6. The molecule has 3 aliphatic rings. The van der Waals surface area contributed by atoms with Crippen LogP contribution in [0, 0.1) is 0 Å². The first kappa shape index (κ1) is 20.5. The number of nitrogens with zero attached hydrogens (tertiary/aromatic N) is 1. The fraction of sp³-hybridized carbons (Fsp3) is 0.500. The summed E-state index contributed by atoms with van der Waals surface area (Å²) >= 11 is 1.38. The first-order chi connectivity index (χ1) is 12.3. The number of benzene rings is 1. The second kappa shape index (κ2) is 7.31. The molecule has 2 aliphatic heterocycles. The van der Waals surface area contributed by atoms with E-state index in [2.05, 4.69) is 10.6 Å². The fourth-order valence-corrected chi connectivity index (χ4v) is 5.52. The topological polar surface area (TPSA) is 102 Å². The number of carboxylic acids is 1. The van der Waals surface area contributed by atoms with E-state index in [0.717, 1.165) is 6.42 Å². The molecule has 0 aromatic heterocycles. The second-order valence-corrected chi connectivity index (χ2v) is 9.30. The Kier molecular flexibility index (Phi) is 5.55. The molecule has 7 nitrogen and oxygen atoms in total. The number of hydrogen-bond donors (Lipinski definition) is 2. The van der Waals surface area contributed by atoms with Crippen molar-refractivity contribution in [2.24, 2.45) is 0 Å². The third-order valence-corrected chi connectivity index (χ3v) is 6.86. The van der Waals surface area contributed by atoms with Gasteiger partial charge in [-0.25, -0.2) is 4.79 Å². The van der Waals surface area contributed by atoms with Crippen molar-refractivity contribution in [3.8, 4) is 0 Å². The molecule has 9 heteroatoms. The third kappa shape index (κ3) is 3.60. The number of aliphatic carboxylic acids is 1. The SMILES string of the molecule is CC1(C)SC2C(NC(=O)NC3CC3c3ccccc3)C(=O)N2[C@H]1C(=O)[O-].[Na+]. The van der Waals surface area contributed by atoms with Crippen LogP contribution in [0.5, 0.6) is 0 Å². The summed E-state index contributed by atoms with van der Waals surface area (Å²) in [5, 5.41) is 16.6. The summed E-state index contributed by atoms with van der Waals surface area (Å²) < 4.78 is -0.652. The number of urea groups is 1. The van der Waals surface area contributed by atoms with Crippen LogP contribution >= 0.6 is 11.8 Å². The molecular formula is C18H20N3NaO4S. The number of fused-ring (bicyclic) bond motifs is 1. The van der Waals surface area contributed by atoms with Gasteiger partial charge in [0.05, 0.1) is 12.0 Å². The van der Waals surface area contributed by atoms with Crippen LogP contribution in [-0.2, 0) is 9.59 Å². The van der Waals surface area contributed by atoms with Crippen molar-refractivity contribution < 1.29 is 49.0 Å². The third-order valence-electron chi connectivity index (χ3n) is 5.29. The first-order valence-electron chi connectivity index (χ1n) is 8.62. The van der Waals surface area contributed by atoms with Crippen LogP contribution in [0.3, 0.4) is 0 Å².